The first kappa shape index (κ1) is 22.0. The van der Waals surface area contributed by atoms with E-state index >= 15 is 0 Å². The molecule has 4 aromatic rings. The molecular formula is C25H20N2O5S. The summed E-state index contributed by atoms with van der Waals surface area (Å²) < 4.78 is 33.0. The van der Waals surface area contributed by atoms with Crippen molar-refractivity contribution in [3.8, 4) is 11.1 Å². The largest absolute Gasteiger partial charge is 0.465 e. The van der Waals surface area contributed by atoms with Gasteiger partial charge in [0.2, 0.25) is 0 Å². The van der Waals surface area contributed by atoms with Crippen LogP contribution in [0.4, 0.5) is 5.69 Å². The van der Waals surface area contributed by atoms with Gasteiger partial charge in [-0.3, -0.25) is 4.79 Å². The third-order valence-electron chi connectivity index (χ3n) is 5.00. The molecule has 0 fully saturated rings. The lowest BCUT2D eigenvalue weighted by atomic mass is 10.0. The molecule has 0 aliphatic carbocycles. The molecule has 33 heavy (non-hydrogen) atoms. The van der Waals surface area contributed by atoms with Crippen LogP contribution in [0.1, 0.15) is 20.7 Å². The van der Waals surface area contributed by atoms with Crippen molar-refractivity contribution >= 4 is 27.6 Å². The second kappa shape index (κ2) is 9.13. The van der Waals surface area contributed by atoms with E-state index in [0.717, 1.165) is 3.97 Å². The minimum absolute atomic E-state index is 0.00808. The van der Waals surface area contributed by atoms with E-state index < -0.39 is 21.9 Å². The number of nitrogens with zero attached hydrogens (tertiary/aromatic N) is 1. The molecule has 0 bridgehead atoms. The average Bonchev–Trinajstić information content (AvgIpc) is 3.40. The van der Waals surface area contributed by atoms with Crippen LogP contribution in [0.25, 0.3) is 11.1 Å². The number of carbonyl (C=O) groups is 2. The first-order valence-electron chi connectivity index (χ1n) is 9.98. The average molecular weight is 461 g/mol. The van der Waals surface area contributed by atoms with E-state index in [-0.39, 0.29) is 21.7 Å². The number of esters is 1. The molecular weight excluding hydrogens is 440 g/mol. The Balaban J connectivity index is 1.99. The molecule has 0 saturated carbocycles. The Kier molecular flexibility index (Phi) is 6.10. The number of methoxy groups -OCH3 is 1. The highest BCUT2D eigenvalue weighted by Gasteiger charge is 2.27. The van der Waals surface area contributed by atoms with Crippen LogP contribution in [0.3, 0.4) is 0 Å². The number of aromatic nitrogens is 1. The van der Waals surface area contributed by atoms with Gasteiger partial charge in [0.25, 0.3) is 15.9 Å². The standard InChI is InChI=1S/C25H20N2O5S/c1-32-25(29)20-16-21(26-24(28)19-12-6-3-7-13-19)23(18-10-4-2-5-11-18)22(17-20)33(30,31)27-14-8-9-15-27/h2-17H,1H3,(H,26,28). The van der Waals surface area contributed by atoms with Crippen molar-refractivity contribution in [3.05, 3.63) is 108 Å². The van der Waals surface area contributed by atoms with Crippen molar-refractivity contribution in [1.82, 2.24) is 3.97 Å². The van der Waals surface area contributed by atoms with Gasteiger partial charge in [-0.2, -0.15) is 0 Å². The molecule has 1 amide bonds. The van der Waals surface area contributed by atoms with Crippen LogP contribution in [0.2, 0.25) is 0 Å². The highest BCUT2D eigenvalue weighted by Crippen LogP contribution is 2.37. The van der Waals surface area contributed by atoms with E-state index in [2.05, 4.69) is 5.32 Å². The fourth-order valence-electron chi connectivity index (χ4n) is 3.43. The van der Waals surface area contributed by atoms with Crippen LogP contribution >= 0.6 is 0 Å². The highest BCUT2D eigenvalue weighted by atomic mass is 32.2. The SMILES string of the molecule is COC(=O)c1cc(NC(=O)c2ccccc2)c(-c2ccccc2)c(S(=O)(=O)n2cccc2)c1. The number of hydrogen-bond acceptors (Lipinski definition) is 5. The van der Waals surface area contributed by atoms with Crippen LogP contribution in [-0.4, -0.2) is 31.4 Å². The maximum atomic E-state index is 13.6. The van der Waals surface area contributed by atoms with Crippen molar-refractivity contribution in [2.75, 3.05) is 12.4 Å². The molecule has 0 spiro atoms. The predicted octanol–water partition coefficient (Wildman–Crippen LogP) is 4.43. The summed E-state index contributed by atoms with van der Waals surface area (Å²) in [4.78, 5) is 25.2. The molecule has 1 aromatic heterocycles. The summed E-state index contributed by atoms with van der Waals surface area (Å²) in [5.74, 6) is -1.17. The van der Waals surface area contributed by atoms with E-state index in [1.807, 2.05) is 0 Å². The zero-order valence-corrected chi connectivity index (χ0v) is 18.5. The van der Waals surface area contributed by atoms with Crippen LogP contribution in [0, 0.1) is 0 Å². The highest BCUT2D eigenvalue weighted by molar-refractivity contribution is 7.90. The van der Waals surface area contributed by atoms with Crippen molar-refractivity contribution < 1.29 is 22.7 Å². The fourth-order valence-corrected chi connectivity index (χ4v) is 4.88. The summed E-state index contributed by atoms with van der Waals surface area (Å²) in [6, 6.07) is 23.2. The van der Waals surface area contributed by atoms with E-state index in [1.54, 1.807) is 72.8 Å². The van der Waals surface area contributed by atoms with Gasteiger partial charge in [-0.05, 0) is 42.0 Å². The van der Waals surface area contributed by atoms with Crippen molar-refractivity contribution in [2.45, 2.75) is 4.90 Å². The van der Waals surface area contributed by atoms with Crippen molar-refractivity contribution in [1.29, 1.82) is 0 Å². The topological polar surface area (TPSA) is 94.5 Å². The Morgan fingerprint density at radius 1 is 0.818 bits per heavy atom. The van der Waals surface area contributed by atoms with Gasteiger partial charge >= 0.3 is 5.97 Å². The zero-order valence-electron chi connectivity index (χ0n) is 17.6. The molecule has 166 valence electrons. The molecule has 3 aromatic carbocycles. The van der Waals surface area contributed by atoms with E-state index in [1.165, 1.54) is 31.6 Å². The van der Waals surface area contributed by atoms with E-state index in [9.17, 15) is 18.0 Å². The lowest BCUT2D eigenvalue weighted by Gasteiger charge is -2.18. The first-order chi connectivity index (χ1) is 15.9. The van der Waals surface area contributed by atoms with Crippen molar-refractivity contribution in [3.63, 3.8) is 0 Å². The van der Waals surface area contributed by atoms with Gasteiger partial charge in [-0.15, -0.1) is 0 Å². The smallest absolute Gasteiger partial charge is 0.337 e. The van der Waals surface area contributed by atoms with Gasteiger partial charge in [0.15, 0.2) is 0 Å². The summed E-state index contributed by atoms with van der Waals surface area (Å²) >= 11 is 0. The normalized spacial score (nSPS) is 11.1. The summed E-state index contributed by atoms with van der Waals surface area (Å²) in [5.41, 5.74) is 1.37. The Morgan fingerprint density at radius 2 is 1.42 bits per heavy atom. The molecule has 0 atom stereocenters. The number of amides is 1. The molecule has 8 heteroatoms. The molecule has 0 radical (unpaired) electrons. The number of anilines is 1. The van der Waals surface area contributed by atoms with Crippen LogP contribution in [0.15, 0.2) is 102 Å². The molecule has 0 saturated heterocycles. The van der Waals surface area contributed by atoms with Gasteiger partial charge < -0.3 is 10.1 Å². The molecule has 4 rings (SSSR count). The second-order valence-corrected chi connectivity index (χ2v) is 8.90. The zero-order chi connectivity index (χ0) is 23.4. The van der Waals surface area contributed by atoms with Gasteiger partial charge in [0, 0.05) is 23.5 Å². The number of benzene rings is 3. The Hall–Kier alpha value is -4.17. The first-order valence-corrected chi connectivity index (χ1v) is 11.4. The monoisotopic (exact) mass is 460 g/mol. The third-order valence-corrected chi connectivity index (χ3v) is 6.68. The molecule has 0 aliphatic heterocycles. The third kappa shape index (κ3) is 4.42. The van der Waals surface area contributed by atoms with Crippen LogP contribution < -0.4 is 5.32 Å². The van der Waals surface area contributed by atoms with E-state index in [4.69, 9.17) is 4.74 Å². The fraction of sp³-hybridized carbons (Fsp3) is 0.0400. The summed E-state index contributed by atoms with van der Waals surface area (Å²) in [7, 11) is -2.90. The summed E-state index contributed by atoms with van der Waals surface area (Å²) in [6.07, 6.45) is 2.80. The van der Waals surface area contributed by atoms with Crippen molar-refractivity contribution in [2.24, 2.45) is 0 Å². The second-order valence-electron chi connectivity index (χ2n) is 7.09. The number of ether oxygens (including phenoxy) is 1. The van der Waals surface area contributed by atoms with E-state index in [0.29, 0.717) is 11.1 Å². The minimum atomic E-state index is -4.10. The number of nitrogens with one attached hydrogen (secondary N) is 1. The minimum Gasteiger partial charge on any atom is -0.465 e. The number of hydrogen-bond donors (Lipinski definition) is 1. The predicted molar refractivity (Wildman–Crippen MR) is 125 cm³/mol. The molecule has 0 aliphatic rings. The summed E-state index contributed by atoms with van der Waals surface area (Å²) in [6.45, 7) is 0. The number of rotatable bonds is 6. The molecule has 1 N–H and O–H groups in total. The van der Waals surface area contributed by atoms with Crippen LogP contribution in [0.5, 0.6) is 0 Å². The Bertz CT molecular complexity index is 1400. The Morgan fingerprint density at radius 3 is 2.03 bits per heavy atom. The van der Waals surface area contributed by atoms with Gasteiger partial charge in [-0.1, -0.05) is 48.5 Å². The molecule has 1 heterocycles. The molecule has 0 unspecified atom stereocenters. The molecule has 7 nitrogen and oxygen atoms in total. The quantitative estimate of drug-likeness (QED) is 0.430. The van der Waals surface area contributed by atoms with Gasteiger partial charge in [0.05, 0.1) is 23.3 Å². The maximum Gasteiger partial charge on any atom is 0.337 e. The lowest BCUT2D eigenvalue weighted by Crippen LogP contribution is -2.18. The van der Waals surface area contributed by atoms with Gasteiger partial charge in [0.1, 0.15) is 0 Å². The lowest BCUT2D eigenvalue weighted by molar-refractivity contribution is 0.0600. The summed E-state index contributed by atoms with van der Waals surface area (Å²) in [5, 5.41) is 2.78. The van der Waals surface area contributed by atoms with Crippen LogP contribution in [-0.2, 0) is 14.8 Å². The van der Waals surface area contributed by atoms with Gasteiger partial charge in [-0.25, -0.2) is 17.2 Å². The maximum absolute atomic E-state index is 13.6. The number of carbonyl (C=O) groups excluding carboxylic acids is 2. The Labute approximate surface area is 191 Å².